The van der Waals surface area contributed by atoms with Crippen molar-refractivity contribution in [3.05, 3.63) is 34.1 Å². The Balaban J connectivity index is 2.11. The zero-order valence-electron chi connectivity index (χ0n) is 12.3. The van der Waals surface area contributed by atoms with Crippen LogP contribution in [0, 0.1) is 11.2 Å². The Morgan fingerprint density at radius 2 is 2.05 bits per heavy atom. The van der Waals surface area contributed by atoms with Crippen LogP contribution in [0.2, 0.25) is 0 Å². The molecule has 1 aliphatic heterocycles. The number of hydrogen-bond acceptors (Lipinski definition) is 2. The number of likely N-dealkylation sites (tertiary alicyclic amines) is 1. The first-order chi connectivity index (χ1) is 9.49. The molecule has 0 saturated carbocycles. The van der Waals surface area contributed by atoms with E-state index in [-0.39, 0.29) is 11.9 Å². The molecule has 0 aliphatic carbocycles. The van der Waals surface area contributed by atoms with Crippen LogP contribution in [0.15, 0.2) is 22.7 Å². The Labute approximate surface area is 129 Å². The van der Waals surface area contributed by atoms with Crippen LogP contribution in [0.4, 0.5) is 4.39 Å². The minimum Gasteiger partial charge on any atom is -0.329 e. The smallest absolute Gasteiger partial charge is 0.137 e. The van der Waals surface area contributed by atoms with Crippen LogP contribution in [-0.2, 0) is 0 Å². The molecule has 1 aromatic rings. The molecular formula is C16H24BrFN2. The van der Waals surface area contributed by atoms with Gasteiger partial charge in [0.2, 0.25) is 0 Å². The van der Waals surface area contributed by atoms with Crippen LogP contribution < -0.4 is 5.73 Å². The topological polar surface area (TPSA) is 29.3 Å². The first kappa shape index (κ1) is 15.9. The molecule has 1 unspecified atom stereocenters. The van der Waals surface area contributed by atoms with E-state index in [2.05, 4.69) is 34.7 Å². The molecule has 20 heavy (non-hydrogen) atoms. The lowest BCUT2D eigenvalue weighted by Gasteiger charge is -2.42. The van der Waals surface area contributed by atoms with Crippen molar-refractivity contribution in [2.75, 3.05) is 19.6 Å². The van der Waals surface area contributed by atoms with Crippen molar-refractivity contribution in [1.82, 2.24) is 4.90 Å². The normalized spacial score (nSPS) is 20.9. The molecule has 1 aromatic carbocycles. The summed E-state index contributed by atoms with van der Waals surface area (Å²) >= 11 is 3.26. The van der Waals surface area contributed by atoms with Crippen molar-refractivity contribution in [2.45, 2.75) is 39.2 Å². The molecule has 112 valence electrons. The predicted octanol–water partition coefficient (Wildman–Crippen LogP) is 4.10. The number of rotatable bonds is 4. The predicted molar refractivity (Wildman–Crippen MR) is 85.1 cm³/mol. The van der Waals surface area contributed by atoms with Crippen molar-refractivity contribution in [3.8, 4) is 0 Å². The highest BCUT2D eigenvalue weighted by molar-refractivity contribution is 9.10. The van der Waals surface area contributed by atoms with Gasteiger partial charge in [0.1, 0.15) is 5.82 Å². The molecule has 0 bridgehead atoms. The van der Waals surface area contributed by atoms with E-state index in [1.165, 1.54) is 25.3 Å². The molecule has 1 heterocycles. The van der Waals surface area contributed by atoms with E-state index in [0.717, 1.165) is 18.7 Å². The molecule has 4 heteroatoms. The third kappa shape index (κ3) is 3.41. The quantitative estimate of drug-likeness (QED) is 0.892. The molecule has 2 nitrogen and oxygen atoms in total. The van der Waals surface area contributed by atoms with E-state index in [1.54, 1.807) is 0 Å². The highest BCUT2D eigenvalue weighted by Gasteiger charge is 2.31. The van der Waals surface area contributed by atoms with Crippen molar-refractivity contribution in [3.63, 3.8) is 0 Å². The number of piperidine rings is 1. The number of nitrogens with two attached hydrogens (primary N) is 1. The fourth-order valence-electron chi connectivity index (χ4n) is 2.94. The maximum atomic E-state index is 13.4. The summed E-state index contributed by atoms with van der Waals surface area (Å²) in [6.45, 7) is 7.35. The highest BCUT2D eigenvalue weighted by atomic mass is 79.9. The maximum absolute atomic E-state index is 13.4. The van der Waals surface area contributed by atoms with Gasteiger partial charge in [0.15, 0.2) is 0 Å². The third-order valence-corrected chi connectivity index (χ3v) is 5.46. The fraction of sp³-hybridized carbons (Fsp3) is 0.625. The molecule has 0 amide bonds. The fourth-order valence-corrected chi connectivity index (χ4v) is 3.34. The van der Waals surface area contributed by atoms with E-state index < -0.39 is 0 Å². The molecule has 2 N–H and O–H groups in total. The summed E-state index contributed by atoms with van der Waals surface area (Å²) in [5.41, 5.74) is 7.54. The van der Waals surface area contributed by atoms with Gasteiger partial charge in [-0.2, -0.15) is 0 Å². The van der Waals surface area contributed by atoms with Gasteiger partial charge < -0.3 is 5.73 Å². The van der Waals surface area contributed by atoms with E-state index >= 15 is 0 Å². The summed E-state index contributed by atoms with van der Waals surface area (Å²) in [6.07, 6.45) is 3.65. The van der Waals surface area contributed by atoms with Crippen LogP contribution >= 0.6 is 15.9 Å². The largest absolute Gasteiger partial charge is 0.329 e. The Morgan fingerprint density at radius 3 is 2.55 bits per heavy atom. The molecular weight excluding hydrogens is 319 g/mol. The standard InChI is InChI=1S/C16H24BrFN2/c1-3-16(2)6-8-20(9-7-16)15(11-19)12-4-5-14(18)13(17)10-12/h4-5,10,15H,3,6-9,11,19H2,1-2H3. The van der Waals surface area contributed by atoms with Crippen LogP contribution in [0.1, 0.15) is 44.7 Å². The lowest BCUT2D eigenvalue weighted by Crippen LogP contribution is -2.42. The molecule has 1 fully saturated rings. The van der Waals surface area contributed by atoms with Gasteiger partial charge in [0.25, 0.3) is 0 Å². The summed E-state index contributed by atoms with van der Waals surface area (Å²) < 4.78 is 13.9. The number of hydrogen-bond donors (Lipinski definition) is 1. The second-order valence-corrected chi connectivity index (χ2v) is 6.98. The Morgan fingerprint density at radius 1 is 1.40 bits per heavy atom. The van der Waals surface area contributed by atoms with Gasteiger partial charge in [-0.1, -0.05) is 26.3 Å². The number of nitrogens with zero attached hydrogens (tertiary/aromatic N) is 1. The van der Waals surface area contributed by atoms with Gasteiger partial charge >= 0.3 is 0 Å². The molecule has 1 saturated heterocycles. The third-order valence-electron chi connectivity index (χ3n) is 4.85. The highest BCUT2D eigenvalue weighted by Crippen LogP contribution is 2.37. The number of halogens is 2. The van der Waals surface area contributed by atoms with Crippen LogP contribution in [0.25, 0.3) is 0 Å². The molecule has 1 aliphatic rings. The van der Waals surface area contributed by atoms with Crippen molar-refractivity contribution < 1.29 is 4.39 Å². The van der Waals surface area contributed by atoms with Gasteiger partial charge in [-0.25, -0.2) is 4.39 Å². The van der Waals surface area contributed by atoms with Gasteiger partial charge in [-0.3, -0.25) is 4.90 Å². The Hall–Kier alpha value is -0.450. The second kappa shape index (κ2) is 6.54. The zero-order chi connectivity index (χ0) is 14.8. The van der Waals surface area contributed by atoms with Crippen molar-refractivity contribution in [1.29, 1.82) is 0 Å². The average Bonchev–Trinajstić information content (AvgIpc) is 2.46. The van der Waals surface area contributed by atoms with E-state index in [9.17, 15) is 4.39 Å². The van der Waals surface area contributed by atoms with Crippen LogP contribution in [0.5, 0.6) is 0 Å². The lowest BCUT2D eigenvalue weighted by atomic mass is 9.78. The Bertz CT molecular complexity index is 456. The average molecular weight is 343 g/mol. The summed E-state index contributed by atoms with van der Waals surface area (Å²) in [7, 11) is 0. The van der Waals surface area contributed by atoms with Gasteiger partial charge in [-0.05, 0) is 65.0 Å². The Kier molecular flexibility index (Phi) is 5.21. The first-order valence-corrected chi connectivity index (χ1v) is 8.17. The SMILES string of the molecule is CCC1(C)CCN(C(CN)c2ccc(F)c(Br)c2)CC1. The van der Waals surface area contributed by atoms with Gasteiger partial charge in [0, 0.05) is 12.6 Å². The van der Waals surface area contributed by atoms with E-state index in [4.69, 9.17) is 5.73 Å². The van der Waals surface area contributed by atoms with E-state index in [1.807, 2.05) is 12.1 Å². The minimum atomic E-state index is -0.221. The van der Waals surface area contributed by atoms with E-state index in [0.29, 0.717) is 16.4 Å². The van der Waals surface area contributed by atoms with Crippen molar-refractivity contribution >= 4 is 15.9 Å². The maximum Gasteiger partial charge on any atom is 0.137 e. The van der Waals surface area contributed by atoms with Crippen molar-refractivity contribution in [2.24, 2.45) is 11.1 Å². The monoisotopic (exact) mass is 342 g/mol. The summed E-state index contributed by atoms with van der Waals surface area (Å²) in [5.74, 6) is -0.221. The molecule has 1 atom stereocenters. The molecule has 0 spiro atoms. The zero-order valence-corrected chi connectivity index (χ0v) is 13.9. The van der Waals surface area contributed by atoms with Gasteiger partial charge in [0.05, 0.1) is 4.47 Å². The molecule has 0 aromatic heterocycles. The minimum absolute atomic E-state index is 0.188. The number of benzene rings is 1. The first-order valence-electron chi connectivity index (χ1n) is 7.38. The summed E-state index contributed by atoms with van der Waals surface area (Å²) in [5, 5.41) is 0. The van der Waals surface area contributed by atoms with Gasteiger partial charge in [-0.15, -0.1) is 0 Å². The van der Waals surface area contributed by atoms with Crippen LogP contribution in [0.3, 0.4) is 0 Å². The van der Waals surface area contributed by atoms with Crippen LogP contribution in [-0.4, -0.2) is 24.5 Å². The summed E-state index contributed by atoms with van der Waals surface area (Å²) in [6, 6.07) is 5.42. The summed E-state index contributed by atoms with van der Waals surface area (Å²) in [4.78, 5) is 2.44. The lowest BCUT2D eigenvalue weighted by molar-refractivity contribution is 0.0828. The molecule has 2 rings (SSSR count). The second-order valence-electron chi connectivity index (χ2n) is 6.13. The molecule has 0 radical (unpaired) electrons.